The molecule has 0 aliphatic carbocycles. The summed E-state index contributed by atoms with van der Waals surface area (Å²) in [6, 6.07) is 0. The summed E-state index contributed by atoms with van der Waals surface area (Å²) in [5, 5.41) is 0. The Morgan fingerprint density at radius 3 is 2.12 bits per heavy atom. The van der Waals surface area contributed by atoms with Gasteiger partial charge < -0.3 is 13.8 Å². The number of carbonyl (C=O) groups is 1. The molecular weight excluding hydrogens is 250 g/mol. The summed E-state index contributed by atoms with van der Waals surface area (Å²) in [4.78, 5) is 11.0. The van der Waals surface area contributed by atoms with Gasteiger partial charge in [0.25, 0.3) is 0 Å². The Kier molecular flexibility index (Phi) is 8.39. The van der Waals surface area contributed by atoms with E-state index < -0.39 is 19.7 Å². The van der Waals surface area contributed by atoms with Crippen LogP contribution in [0.2, 0.25) is 0 Å². The maximum Gasteiger partial charge on any atom is 0.340 e. The predicted octanol–water partition coefficient (Wildman–Crippen LogP) is 2.54. The van der Waals surface area contributed by atoms with E-state index in [1.165, 1.54) is 0 Å². The van der Waals surface area contributed by atoms with Gasteiger partial charge in [0.15, 0.2) is 6.17 Å². The molecule has 0 aromatic heterocycles. The molecule has 0 radical (unpaired) electrons. The number of alkyl halides is 1. The zero-order chi connectivity index (χ0) is 13.3. The zero-order valence-corrected chi connectivity index (χ0v) is 11.4. The van der Waals surface area contributed by atoms with Crippen molar-refractivity contribution < 1.29 is 27.5 Å². The third kappa shape index (κ3) is 6.76. The van der Waals surface area contributed by atoms with Crippen molar-refractivity contribution in [2.24, 2.45) is 0 Å². The van der Waals surface area contributed by atoms with Crippen LogP contribution >= 0.6 is 7.60 Å². The molecule has 5 nitrogen and oxygen atoms in total. The summed E-state index contributed by atoms with van der Waals surface area (Å²) >= 11 is 0. The van der Waals surface area contributed by atoms with Crippen molar-refractivity contribution in [2.45, 2.75) is 33.4 Å². The SMILES string of the molecule is CCOC(=O)C(F)CCP(=O)(OCC)OCC. The fraction of sp³-hybridized carbons (Fsp3) is 0.900. The van der Waals surface area contributed by atoms with Crippen molar-refractivity contribution >= 4 is 13.6 Å². The lowest BCUT2D eigenvalue weighted by Gasteiger charge is -2.17. The van der Waals surface area contributed by atoms with E-state index in [0.717, 1.165) is 0 Å². The highest BCUT2D eigenvalue weighted by atomic mass is 31.2. The van der Waals surface area contributed by atoms with Gasteiger partial charge in [-0.05, 0) is 20.8 Å². The van der Waals surface area contributed by atoms with Gasteiger partial charge in [0.05, 0.1) is 26.0 Å². The van der Waals surface area contributed by atoms with Gasteiger partial charge >= 0.3 is 13.6 Å². The number of carbonyl (C=O) groups excluding carboxylic acids is 1. The smallest absolute Gasteiger partial charge is 0.340 e. The standard InChI is InChI=1S/C10H20FO5P/c1-4-14-10(12)9(11)7-8-17(13,15-5-2)16-6-3/h9H,4-8H2,1-3H3. The zero-order valence-electron chi connectivity index (χ0n) is 10.5. The molecule has 1 atom stereocenters. The van der Waals surface area contributed by atoms with Crippen molar-refractivity contribution in [2.75, 3.05) is 26.0 Å². The Bertz CT molecular complexity index is 261. The van der Waals surface area contributed by atoms with Gasteiger partial charge in [-0.15, -0.1) is 0 Å². The molecule has 0 heterocycles. The van der Waals surface area contributed by atoms with Gasteiger partial charge in [-0.1, -0.05) is 0 Å². The van der Waals surface area contributed by atoms with E-state index in [4.69, 9.17) is 9.05 Å². The van der Waals surface area contributed by atoms with Crippen molar-refractivity contribution in [3.8, 4) is 0 Å². The predicted molar refractivity (Wildman–Crippen MR) is 61.9 cm³/mol. The van der Waals surface area contributed by atoms with E-state index in [2.05, 4.69) is 4.74 Å². The Morgan fingerprint density at radius 1 is 1.18 bits per heavy atom. The van der Waals surface area contributed by atoms with Crippen molar-refractivity contribution in [3.63, 3.8) is 0 Å². The monoisotopic (exact) mass is 270 g/mol. The molecule has 102 valence electrons. The number of hydrogen-bond acceptors (Lipinski definition) is 5. The van der Waals surface area contributed by atoms with Gasteiger partial charge in [-0.25, -0.2) is 9.18 Å². The molecule has 0 saturated heterocycles. The Morgan fingerprint density at radius 2 is 1.71 bits per heavy atom. The fourth-order valence-corrected chi connectivity index (χ4v) is 2.84. The molecule has 0 saturated carbocycles. The summed E-state index contributed by atoms with van der Waals surface area (Å²) in [6.45, 7) is 5.49. The molecule has 0 aromatic rings. The van der Waals surface area contributed by atoms with Gasteiger partial charge in [-0.3, -0.25) is 4.57 Å². The van der Waals surface area contributed by atoms with Crippen LogP contribution in [-0.4, -0.2) is 38.1 Å². The first-order valence-electron chi connectivity index (χ1n) is 5.67. The second-order valence-corrected chi connectivity index (χ2v) is 5.36. The average molecular weight is 270 g/mol. The van der Waals surface area contributed by atoms with Crippen molar-refractivity contribution in [1.82, 2.24) is 0 Å². The van der Waals surface area contributed by atoms with Gasteiger partial charge in [0.1, 0.15) is 0 Å². The quantitative estimate of drug-likeness (QED) is 0.476. The first kappa shape index (κ1) is 16.6. The minimum Gasteiger partial charge on any atom is -0.464 e. The second-order valence-electron chi connectivity index (χ2n) is 3.18. The van der Waals surface area contributed by atoms with E-state index in [1.807, 2.05) is 0 Å². The van der Waals surface area contributed by atoms with Gasteiger partial charge in [0, 0.05) is 6.42 Å². The van der Waals surface area contributed by atoms with E-state index in [1.54, 1.807) is 20.8 Å². The molecule has 1 unspecified atom stereocenters. The molecule has 0 spiro atoms. The third-order valence-corrected chi connectivity index (χ3v) is 3.96. The maximum absolute atomic E-state index is 13.3. The number of esters is 1. The molecule has 0 aliphatic rings. The lowest BCUT2D eigenvalue weighted by atomic mass is 10.3. The normalized spacial score (nSPS) is 13.4. The van der Waals surface area contributed by atoms with Crippen molar-refractivity contribution in [1.29, 1.82) is 0 Å². The van der Waals surface area contributed by atoms with Crippen LogP contribution in [0.3, 0.4) is 0 Å². The number of rotatable bonds is 9. The van der Waals surface area contributed by atoms with E-state index in [0.29, 0.717) is 0 Å². The second kappa shape index (κ2) is 8.61. The molecule has 7 heteroatoms. The summed E-state index contributed by atoms with van der Waals surface area (Å²) in [6.07, 6.45) is -2.14. The molecule has 0 aromatic carbocycles. The highest BCUT2D eigenvalue weighted by Crippen LogP contribution is 2.48. The largest absolute Gasteiger partial charge is 0.464 e. The Labute approximate surface area is 101 Å². The van der Waals surface area contributed by atoms with Crippen LogP contribution in [0, 0.1) is 0 Å². The highest BCUT2D eigenvalue weighted by Gasteiger charge is 2.28. The van der Waals surface area contributed by atoms with Gasteiger partial charge in [-0.2, -0.15) is 0 Å². The van der Waals surface area contributed by atoms with Crippen LogP contribution in [0.15, 0.2) is 0 Å². The first-order chi connectivity index (χ1) is 7.99. The number of hydrogen-bond donors (Lipinski definition) is 0. The third-order valence-electron chi connectivity index (χ3n) is 1.85. The summed E-state index contributed by atoms with van der Waals surface area (Å²) in [7, 11) is -3.28. The van der Waals surface area contributed by atoms with Crippen LogP contribution in [-0.2, 0) is 23.1 Å². The minimum absolute atomic E-state index is 0.119. The highest BCUT2D eigenvalue weighted by molar-refractivity contribution is 7.53. The Hall–Kier alpha value is -0.450. The summed E-state index contributed by atoms with van der Waals surface area (Å²) in [5.74, 6) is -0.938. The molecule has 0 aliphatic heterocycles. The average Bonchev–Trinajstić information content (AvgIpc) is 2.27. The van der Waals surface area contributed by atoms with E-state index in [9.17, 15) is 13.8 Å². The molecule has 17 heavy (non-hydrogen) atoms. The van der Waals surface area contributed by atoms with Crippen LogP contribution in [0.25, 0.3) is 0 Å². The lowest BCUT2D eigenvalue weighted by Crippen LogP contribution is -2.20. The van der Waals surface area contributed by atoms with Crippen LogP contribution in [0.1, 0.15) is 27.2 Å². The molecule has 0 amide bonds. The van der Waals surface area contributed by atoms with Crippen LogP contribution in [0.5, 0.6) is 0 Å². The fourth-order valence-electron chi connectivity index (χ4n) is 1.18. The molecule has 0 N–H and O–H groups in total. The first-order valence-corrected chi connectivity index (χ1v) is 7.40. The molecule has 0 rings (SSSR count). The van der Waals surface area contributed by atoms with Crippen molar-refractivity contribution in [3.05, 3.63) is 0 Å². The van der Waals surface area contributed by atoms with E-state index in [-0.39, 0.29) is 32.4 Å². The molecule has 0 bridgehead atoms. The van der Waals surface area contributed by atoms with E-state index >= 15 is 0 Å². The minimum atomic E-state index is -3.28. The molecular formula is C10H20FO5P. The Balaban J connectivity index is 4.21. The summed E-state index contributed by atoms with van der Waals surface area (Å²) < 4.78 is 39.7. The number of ether oxygens (including phenoxy) is 1. The maximum atomic E-state index is 13.3. The number of halogens is 1. The van der Waals surface area contributed by atoms with Crippen LogP contribution < -0.4 is 0 Å². The lowest BCUT2D eigenvalue weighted by molar-refractivity contribution is -0.149. The van der Waals surface area contributed by atoms with Gasteiger partial charge in [0.2, 0.25) is 0 Å². The molecule has 0 fully saturated rings. The topological polar surface area (TPSA) is 61.8 Å². The summed E-state index contributed by atoms with van der Waals surface area (Å²) in [5.41, 5.74) is 0. The van der Waals surface area contributed by atoms with Crippen LogP contribution in [0.4, 0.5) is 4.39 Å².